The number of carboxylic acids is 2. The fourth-order valence-corrected chi connectivity index (χ4v) is 3.23. The van der Waals surface area contributed by atoms with Crippen molar-refractivity contribution in [2.75, 3.05) is 5.75 Å². The molecule has 7 nitrogen and oxygen atoms in total. The van der Waals surface area contributed by atoms with Crippen LogP contribution in [-0.4, -0.2) is 45.0 Å². The molecule has 1 aromatic carbocycles. The van der Waals surface area contributed by atoms with Gasteiger partial charge >= 0.3 is 17.8 Å². The molecule has 0 bridgehead atoms. The standard InChI is InChI=1S/C11H11NO6S2/c13-6-1-3-7(4-2-6)20-19-5-8(10(15)16)12-9(14)11(17)18/h1-4,8,13H,5H2,(H,12,14)(H,15,16)(H,17,18)/t8-/m0/s1. The lowest BCUT2D eigenvalue weighted by Gasteiger charge is -2.12. The van der Waals surface area contributed by atoms with E-state index in [0.29, 0.717) is 0 Å². The number of carbonyl (C=O) groups is 3. The summed E-state index contributed by atoms with van der Waals surface area (Å²) in [6, 6.07) is 5.00. The van der Waals surface area contributed by atoms with Crippen LogP contribution in [0.3, 0.4) is 0 Å². The third-order valence-corrected chi connectivity index (χ3v) is 4.42. The molecule has 0 aromatic heterocycles. The highest BCUT2D eigenvalue weighted by Crippen LogP contribution is 2.32. The molecule has 1 aromatic rings. The van der Waals surface area contributed by atoms with Gasteiger partial charge in [-0.2, -0.15) is 0 Å². The molecular formula is C11H11NO6S2. The van der Waals surface area contributed by atoms with E-state index in [1.807, 2.05) is 5.32 Å². The predicted molar refractivity (Wildman–Crippen MR) is 73.6 cm³/mol. The van der Waals surface area contributed by atoms with Crippen molar-refractivity contribution in [3.8, 4) is 5.75 Å². The number of hydrogen-bond acceptors (Lipinski definition) is 6. The molecule has 0 spiro atoms. The first-order chi connectivity index (χ1) is 9.40. The second-order valence-corrected chi connectivity index (χ2v) is 5.95. The number of aromatic hydroxyl groups is 1. The lowest BCUT2D eigenvalue weighted by molar-refractivity contribution is -0.151. The summed E-state index contributed by atoms with van der Waals surface area (Å²) in [7, 11) is 2.40. The second kappa shape index (κ2) is 7.65. The minimum absolute atomic E-state index is 0.000103. The topological polar surface area (TPSA) is 124 Å². The lowest BCUT2D eigenvalue weighted by atomic mass is 10.3. The van der Waals surface area contributed by atoms with Gasteiger partial charge in [-0.3, -0.25) is 4.79 Å². The average Bonchev–Trinajstić information content (AvgIpc) is 2.39. The minimum atomic E-state index is -1.73. The normalized spacial score (nSPS) is 11.6. The molecule has 0 unspecified atom stereocenters. The summed E-state index contributed by atoms with van der Waals surface area (Å²) < 4.78 is 0. The Labute approximate surface area is 121 Å². The summed E-state index contributed by atoms with van der Waals surface area (Å²) in [5.74, 6) is -4.27. The van der Waals surface area contributed by atoms with Gasteiger partial charge in [-0.1, -0.05) is 21.6 Å². The lowest BCUT2D eigenvalue weighted by Crippen LogP contribution is -2.45. The molecule has 9 heteroatoms. The summed E-state index contributed by atoms with van der Waals surface area (Å²) in [4.78, 5) is 32.9. The summed E-state index contributed by atoms with van der Waals surface area (Å²) in [5.41, 5.74) is 0. The van der Waals surface area contributed by atoms with Crippen LogP contribution in [0.5, 0.6) is 5.75 Å². The maximum atomic E-state index is 10.9. The van der Waals surface area contributed by atoms with Crippen molar-refractivity contribution in [3.05, 3.63) is 24.3 Å². The Morgan fingerprint density at radius 2 is 1.75 bits per heavy atom. The van der Waals surface area contributed by atoms with Crippen LogP contribution in [0.15, 0.2) is 29.2 Å². The van der Waals surface area contributed by atoms with E-state index in [9.17, 15) is 14.4 Å². The Bertz CT molecular complexity index is 504. The predicted octanol–water partition coefficient (Wildman–Crippen LogP) is 0.787. The Balaban J connectivity index is 2.47. The van der Waals surface area contributed by atoms with Gasteiger partial charge in [0, 0.05) is 10.6 Å². The summed E-state index contributed by atoms with van der Waals surface area (Å²) in [5, 5.41) is 28.3. The van der Waals surface area contributed by atoms with Crippen LogP contribution in [0.25, 0.3) is 0 Å². The van der Waals surface area contributed by atoms with Gasteiger partial charge in [0.2, 0.25) is 0 Å². The van der Waals surface area contributed by atoms with Gasteiger partial charge in [-0.25, -0.2) is 9.59 Å². The fourth-order valence-electron chi connectivity index (χ4n) is 1.07. The first-order valence-corrected chi connectivity index (χ1v) is 7.57. The molecule has 0 aliphatic heterocycles. The van der Waals surface area contributed by atoms with Crippen LogP contribution in [-0.2, 0) is 14.4 Å². The Morgan fingerprint density at radius 3 is 2.25 bits per heavy atom. The molecule has 108 valence electrons. The molecule has 20 heavy (non-hydrogen) atoms. The van der Waals surface area contributed by atoms with Gasteiger partial charge < -0.3 is 20.6 Å². The van der Waals surface area contributed by atoms with Gasteiger partial charge in [0.05, 0.1) is 0 Å². The molecule has 0 aliphatic carbocycles. The molecule has 0 heterocycles. The quantitative estimate of drug-likeness (QED) is 0.448. The Hall–Kier alpha value is -1.87. The number of rotatable bonds is 6. The zero-order valence-electron chi connectivity index (χ0n) is 9.98. The third-order valence-electron chi connectivity index (χ3n) is 2.02. The smallest absolute Gasteiger partial charge is 0.394 e. The first-order valence-electron chi connectivity index (χ1n) is 5.25. The molecule has 0 saturated carbocycles. The van der Waals surface area contributed by atoms with E-state index in [-0.39, 0.29) is 11.5 Å². The second-order valence-electron chi connectivity index (χ2n) is 3.53. The van der Waals surface area contributed by atoms with Gasteiger partial charge in [0.1, 0.15) is 11.8 Å². The van der Waals surface area contributed by atoms with Crippen LogP contribution in [0.4, 0.5) is 0 Å². The van der Waals surface area contributed by atoms with Crippen LogP contribution in [0.1, 0.15) is 0 Å². The molecule has 4 N–H and O–H groups in total. The third kappa shape index (κ3) is 5.41. The van der Waals surface area contributed by atoms with E-state index >= 15 is 0 Å². The molecule has 1 amide bonds. The number of amides is 1. The van der Waals surface area contributed by atoms with E-state index in [0.717, 1.165) is 15.7 Å². The number of nitrogens with one attached hydrogen (secondary N) is 1. The molecule has 1 rings (SSSR count). The number of carbonyl (C=O) groups excluding carboxylic acids is 1. The minimum Gasteiger partial charge on any atom is -0.508 e. The maximum Gasteiger partial charge on any atom is 0.394 e. The van der Waals surface area contributed by atoms with E-state index in [1.54, 1.807) is 12.1 Å². The summed E-state index contributed by atoms with van der Waals surface area (Å²) in [6.07, 6.45) is 0. The van der Waals surface area contributed by atoms with Gasteiger partial charge in [-0.15, -0.1) is 0 Å². The molecule has 0 radical (unpaired) electrons. The van der Waals surface area contributed by atoms with Crippen molar-refractivity contribution < 1.29 is 29.7 Å². The number of phenols is 1. The largest absolute Gasteiger partial charge is 0.508 e. The maximum absolute atomic E-state index is 10.9. The highest BCUT2D eigenvalue weighted by atomic mass is 33.1. The molecular weight excluding hydrogens is 306 g/mol. The van der Waals surface area contributed by atoms with Crippen molar-refractivity contribution in [2.24, 2.45) is 0 Å². The van der Waals surface area contributed by atoms with Gasteiger partial charge in [-0.05, 0) is 24.3 Å². The highest BCUT2D eigenvalue weighted by Gasteiger charge is 2.23. The van der Waals surface area contributed by atoms with E-state index in [1.165, 1.54) is 22.9 Å². The number of benzene rings is 1. The number of phenolic OH excluding ortho intramolecular Hbond substituents is 1. The van der Waals surface area contributed by atoms with Crippen LogP contribution in [0.2, 0.25) is 0 Å². The highest BCUT2D eigenvalue weighted by molar-refractivity contribution is 8.76. The fraction of sp³-hybridized carbons (Fsp3) is 0.182. The zero-order valence-corrected chi connectivity index (χ0v) is 11.6. The Morgan fingerprint density at radius 1 is 1.15 bits per heavy atom. The van der Waals surface area contributed by atoms with Crippen LogP contribution in [0, 0.1) is 0 Å². The molecule has 1 atom stereocenters. The first kappa shape index (κ1) is 16.2. The van der Waals surface area contributed by atoms with Crippen LogP contribution >= 0.6 is 21.6 Å². The zero-order chi connectivity index (χ0) is 15.1. The molecule has 0 saturated heterocycles. The number of aliphatic carboxylic acids is 2. The van der Waals surface area contributed by atoms with Crippen molar-refractivity contribution in [3.63, 3.8) is 0 Å². The van der Waals surface area contributed by atoms with Gasteiger partial charge in [0.15, 0.2) is 0 Å². The van der Waals surface area contributed by atoms with Crippen molar-refractivity contribution in [1.29, 1.82) is 0 Å². The van der Waals surface area contributed by atoms with Crippen molar-refractivity contribution in [2.45, 2.75) is 10.9 Å². The Kier molecular flexibility index (Phi) is 6.19. The number of carboxylic acid groups (broad SMARTS) is 2. The molecule has 0 fully saturated rings. The van der Waals surface area contributed by atoms with Crippen molar-refractivity contribution in [1.82, 2.24) is 5.32 Å². The average molecular weight is 317 g/mol. The van der Waals surface area contributed by atoms with E-state index in [4.69, 9.17) is 15.3 Å². The van der Waals surface area contributed by atoms with Gasteiger partial charge in [0.25, 0.3) is 0 Å². The van der Waals surface area contributed by atoms with Crippen molar-refractivity contribution >= 4 is 39.4 Å². The van der Waals surface area contributed by atoms with E-state index < -0.39 is 23.9 Å². The summed E-state index contributed by atoms with van der Waals surface area (Å²) >= 11 is 0. The SMILES string of the molecule is O=C(O)C(=O)N[C@@H](CSSc1ccc(O)cc1)C(=O)O. The summed E-state index contributed by atoms with van der Waals surface area (Å²) in [6.45, 7) is 0. The molecule has 0 aliphatic rings. The number of hydrogen-bond donors (Lipinski definition) is 4. The van der Waals surface area contributed by atoms with Crippen LogP contribution < -0.4 is 5.32 Å². The van der Waals surface area contributed by atoms with E-state index in [2.05, 4.69) is 0 Å². The monoisotopic (exact) mass is 317 g/mol.